The number of benzene rings is 2. The fourth-order valence-corrected chi connectivity index (χ4v) is 9.10. The van der Waals surface area contributed by atoms with E-state index < -0.39 is 158 Å². The molecule has 76 heavy (non-hydrogen) atoms. The first kappa shape index (κ1) is 64.3. The first-order chi connectivity index (χ1) is 35.1. The van der Waals surface area contributed by atoms with E-state index in [0.29, 0.717) is 11.1 Å². The maximum Gasteiger partial charge on any atom is 0.336 e. The van der Waals surface area contributed by atoms with Crippen LogP contribution in [0.4, 0.5) is 11.4 Å². The Kier molecular flexibility index (Phi) is 24.9. The van der Waals surface area contributed by atoms with E-state index in [1.165, 1.54) is 61.8 Å². The van der Waals surface area contributed by atoms with Crippen LogP contribution in [0.15, 0.2) is 48.5 Å². The molecule has 0 aromatic heterocycles. The highest BCUT2D eigenvalue weighted by atomic mass is 16.6. The van der Waals surface area contributed by atoms with Crippen molar-refractivity contribution in [2.75, 3.05) is 91.6 Å². The zero-order chi connectivity index (χ0) is 57.8. The van der Waals surface area contributed by atoms with Crippen molar-refractivity contribution in [1.82, 2.24) is 29.4 Å². The van der Waals surface area contributed by atoms with Gasteiger partial charge in [-0.05, 0) is 34.8 Å². The molecule has 2 atom stereocenters. The number of non-ortho nitro benzene ring substituents is 2. The van der Waals surface area contributed by atoms with Crippen LogP contribution in [-0.4, -0.2) is 249 Å². The Morgan fingerprint density at radius 2 is 0.671 bits per heavy atom. The Balaban J connectivity index is 2.66. The highest BCUT2D eigenvalue weighted by Gasteiger charge is 2.41. The molecule has 0 aliphatic rings. The summed E-state index contributed by atoms with van der Waals surface area (Å²) in [5, 5.41) is 113. The Labute approximate surface area is 433 Å². The Bertz CT molecular complexity index is 2210. The second-order valence-electron chi connectivity index (χ2n) is 19.7. The highest BCUT2D eigenvalue weighted by Crippen LogP contribution is 2.27. The van der Waals surface area contributed by atoms with Crippen molar-refractivity contribution in [1.29, 1.82) is 0 Å². The van der Waals surface area contributed by atoms with E-state index >= 15 is 0 Å². The summed E-state index contributed by atoms with van der Waals surface area (Å²) in [5.74, 6) is -13.5. The molecule has 9 N–H and O–H groups in total. The van der Waals surface area contributed by atoms with Gasteiger partial charge in [0.1, 0.15) is 0 Å². The molecule has 30 heteroatoms. The van der Waals surface area contributed by atoms with E-state index in [1.807, 2.05) is 0 Å². The highest BCUT2D eigenvalue weighted by molar-refractivity contribution is 5.77. The second-order valence-corrected chi connectivity index (χ2v) is 19.7. The predicted molar refractivity (Wildman–Crippen MR) is 260 cm³/mol. The summed E-state index contributed by atoms with van der Waals surface area (Å²) in [4.78, 5) is 139. The lowest BCUT2D eigenvalue weighted by atomic mass is 9.89. The average Bonchev–Trinajstić information content (AvgIpc) is 3.23. The summed E-state index contributed by atoms with van der Waals surface area (Å²) >= 11 is 0. The van der Waals surface area contributed by atoms with Gasteiger partial charge in [-0.15, -0.1) is 0 Å². The van der Waals surface area contributed by atoms with Gasteiger partial charge in [0.15, 0.2) is 6.17 Å². The molecule has 0 saturated heterocycles. The van der Waals surface area contributed by atoms with Crippen LogP contribution in [0, 0.1) is 31.1 Å². The molecule has 0 bridgehead atoms. The van der Waals surface area contributed by atoms with Gasteiger partial charge >= 0.3 is 53.7 Å². The quantitative estimate of drug-likeness (QED) is 0.0241. The summed E-state index contributed by atoms with van der Waals surface area (Å²) in [6.45, 7) is -3.53. The van der Waals surface area contributed by atoms with Crippen LogP contribution >= 0.6 is 0 Å². The van der Waals surface area contributed by atoms with Crippen LogP contribution in [0.25, 0.3) is 0 Å². The topological polar surface area (TPSA) is 441 Å². The number of nitro groups is 2. The van der Waals surface area contributed by atoms with Crippen molar-refractivity contribution in [3.05, 3.63) is 79.9 Å². The van der Waals surface area contributed by atoms with E-state index in [4.69, 9.17) is 0 Å². The standard InChI is InChI=1S/C46H64N8O22/c1-45(2,25-47(17-35(55)56)15-33(49(19-37(59)60)20-38(61)62)13-29-5-9-31(10-6-29)53(73)74)27-51(23-41(67)68)43(44(71)72)52(24-42(69)70)28-46(3,4)26-48(18-36(57)58)16-34(50(21-39(63)64)22-40(65)66)14-30-7-11-32(12-8-30)54(75)76/h5-12,33-34,43H,13-28H2,1-4H3,(H,55,56)(H,57,58)(H,59,60)(H,61,62)(H,63,64)(H,65,66)(H,67,68)(H,69,70)(H,71,72). The molecule has 0 heterocycles. The summed E-state index contributed by atoms with van der Waals surface area (Å²) in [6.07, 6.45) is -2.40. The lowest BCUT2D eigenvalue weighted by Gasteiger charge is -2.44. The molecule has 0 spiro atoms. The number of hydrogen-bond acceptors (Lipinski definition) is 19. The fraction of sp³-hybridized carbons (Fsp3) is 0.543. The molecule has 0 aliphatic carbocycles. The minimum atomic E-state index is -2.08. The third-order valence-electron chi connectivity index (χ3n) is 11.4. The van der Waals surface area contributed by atoms with Crippen molar-refractivity contribution < 1.29 is 99.0 Å². The molecule has 0 amide bonds. The maximum atomic E-state index is 13.4. The molecule has 2 aromatic rings. The number of rotatable bonds is 39. The summed E-state index contributed by atoms with van der Waals surface area (Å²) in [5.41, 5.74) is -2.53. The smallest absolute Gasteiger partial charge is 0.336 e. The van der Waals surface area contributed by atoms with Gasteiger partial charge in [-0.25, -0.2) is 4.79 Å². The van der Waals surface area contributed by atoms with Gasteiger partial charge < -0.3 is 46.0 Å². The van der Waals surface area contributed by atoms with E-state index in [-0.39, 0.29) is 50.4 Å². The first-order valence-corrected chi connectivity index (χ1v) is 23.0. The number of hydrogen-bond donors (Lipinski definition) is 9. The third-order valence-corrected chi connectivity index (χ3v) is 11.4. The van der Waals surface area contributed by atoms with E-state index in [2.05, 4.69) is 0 Å². The molecular formula is C46H64N8O22. The number of nitrogens with zero attached hydrogens (tertiary/aromatic N) is 8. The SMILES string of the molecule is CC(C)(CN(CC(=O)O)CC(Cc1ccc([N+](=O)[O-])cc1)N(CC(=O)O)CC(=O)O)CN(CC(=O)O)C(C(=O)O)N(CC(=O)O)CC(C)(C)CN(CC(=O)O)CC(Cc1ccc([N+](=O)[O-])cc1)N(CC(=O)O)CC(=O)O. The Morgan fingerprint density at radius 3 is 0.895 bits per heavy atom. The fourth-order valence-electron chi connectivity index (χ4n) is 9.10. The monoisotopic (exact) mass is 1080 g/mol. The molecule has 2 unspecified atom stereocenters. The van der Waals surface area contributed by atoms with Crippen LogP contribution in [0.3, 0.4) is 0 Å². The van der Waals surface area contributed by atoms with Gasteiger partial charge in [-0.2, -0.15) is 0 Å². The molecular weight excluding hydrogens is 1020 g/mol. The van der Waals surface area contributed by atoms with E-state index in [1.54, 1.807) is 0 Å². The zero-order valence-corrected chi connectivity index (χ0v) is 42.1. The van der Waals surface area contributed by atoms with Crippen LogP contribution in [0.5, 0.6) is 0 Å². The second kappa shape index (κ2) is 29.4. The van der Waals surface area contributed by atoms with Crippen LogP contribution in [-0.2, 0) is 56.0 Å². The minimum absolute atomic E-state index is 0.158. The van der Waals surface area contributed by atoms with Crippen molar-refractivity contribution in [2.45, 2.75) is 58.8 Å². The third kappa shape index (κ3) is 24.1. The van der Waals surface area contributed by atoms with Gasteiger partial charge in [0.25, 0.3) is 11.4 Å². The van der Waals surface area contributed by atoms with Crippen LogP contribution < -0.4 is 0 Å². The first-order valence-electron chi connectivity index (χ1n) is 23.0. The van der Waals surface area contributed by atoms with E-state index in [9.17, 15) is 109 Å². The lowest BCUT2D eigenvalue weighted by Crippen LogP contribution is -2.61. The number of carboxylic acid groups (broad SMARTS) is 9. The Hall–Kier alpha value is -7.77. The van der Waals surface area contributed by atoms with E-state index in [0.717, 1.165) is 43.9 Å². The van der Waals surface area contributed by atoms with Crippen molar-refractivity contribution in [2.24, 2.45) is 10.8 Å². The van der Waals surface area contributed by atoms with Crippen LogP contribution in [0.2, 0.25) is 0 Å². The zero-order valence-electron chi connectivity index (χ0n) is 42.1. The molecule has 420 valence electrons. The predicted octanol–water partition coefficient (Wildman–Crippen LogP) is -0.0227. The van der Waals surface area contributed by atoms with Crippen molar-refractivity contribution in [3.8, 4) is 0 Å². The largest absolute Gasteiger partial charge is 0.480 e. The summed E-state index contributed by atoms with van der Waals surface area (Å²) in [7, 11) is 0. The lowest BCUT2D eigenvalue weighted by molar-refractivity contribution is -0.385. The molecule has 0 radical (unpaired) electrons. The molecule has 2 rings (SSSR count). The number of aliphatic carboxylic acids is 9. The molecule has 0 fully saturated rings. The van der Waals surface area contributed by atoms with Gasteiger partial charge in [-0.1, -0.05) is 52.0 Å². The van der Waals surface area contributed by atoms with Crippen LogP contribution in [0.1, 0.15) is 38.8 Å². The summed E-state index contributed by atoms with van der Waals surface area (Å²) in [6, 6.07) is 7.81. The average molecular weight is 1080 g/mol. The van der Waals surface area contributed by atoms with Gasteiger partial charge in [0.05, 0.1) is 62.2 Å². The van der Waals surface area contributed by atoms with Gasteiger partial charge in [0, 0.05) is 75.6 Å². The molecule has 0 aliphatic heterocycles. The van der Waals surface area contributed by atoms with Crippen molar-refractivity contribution in [3.63, 3.8) is 0 Å². The normalized spacial score (nSPS) is 13.2. The van der Waals surface area contributed by atoms with Gasteiger partial charge in [-0.3, -0.25) is 88.0 Å². The number of carbonyl (C=O) groups is 9. The number of carboxylic acids is 9. The maximum absolute atomic E-state index is 13.4. The van der Waals surface area contributed by atoms with Crippen molar-refractivity contribution >= 4 is 65.1 Å². The molecule has 2 aromatic carbocycles. The molecule has 30 nitrogen and oxygen atoms in total. The number of nitro benzene ring substituents is 2. The Morgan fingerprint density at radius 1 is 0.421 bits per heavy atom. The van der Waals surface area contributed by atoms with Gasteiger partial charge in [0.2, 0.25) is 0 Å². The molecule has 0 saturated carbocycles. The minimum Gasteiger partial charge on any atom is -0.480 e. The summed E-state index contributed by atoms with van der Waals surface area (Å²) < 4.78 is 0.